The Hall–Kier alpha value is -2.61. The van der Waals surface area contributed by atoms with Crippen molar-refractivity contribution in [2.24, 2.45) is 0 Å². The van der Waals surface area contributed by atoms with Crippen molar-refractivity contribution in [2.45, 2.75) is 30.5 Å². The van der Waals surface area contributed by atoms with Crippen LogP contribution in [0.1, 0.15) is 17.4 Å². The minimum atomic E-state index is -4.18. The molecule has 0 radical (unpaired) electrons. The summed E-state index contributed by atoms with van der Waals surface area (Å²) in [6, 6.07) is 21.4. The lowest BCUT2D eigenvalue weighted by molar-refractivity contribution is 0.0630. The molecule has 3 aromatic carbocycles. The average molecular weight is 429 g/mol. The molecule has 4 nitrogen and oxygen atoms in total. The topological polar surface area (TPSA) is 46.6 Å². The number of ether oxygens (including phenoxy) is 1. The highest BCUT2D eigenvalue weighted by molar-refractivity contribution is 7.89. The normalized spacial score (nSPS) is 20.0. The first-order valence-corrected chi connectivity index (χ1v) is 11.0. The predicted molar refractivity (Wildman–Crippen MR) is 111 cm³/mol. The standard InChI is InChI=1S/C23H21F2NO3S/c1-16-7-13-20(14-8-16)30(27,28)26-21(22(24)25)15-29-23(26)19-11-9-18(10-12-19)17-5-3-2-4-6-17/h2-14,21-23H,15H2,1H3. The van der Waals surface area contributed by atoms with Crippen LogP contribution < -0.4 is 0 Å². The van der Waals surface area contributed by atoms with Gasteiger partial charge in [-0.3, -0.25) is 0 Å². The first-order valence-electron chi connectivity index (χ1n) is 9.53. The first-order chi connectivity index (χ1) is 14.4. The van der Waals surface area contributed by atoms with Gasteiger partial charge in [0.1, 0.15) is 6.04 Å². The van der Waals surface area contributed by atoms with Crippen LogP contribution in [0.2, 0.25) is 0 Å². The lowest BCUT2D eigenvalue weighted by atomic mass is 10.0. The van der Waals surface area contributed by atoms with E-state index in [0.717, 1.165) is 21.0 Å². The molecule has 0 saturated carbocycles. The van der Waals surface area contributed by atoms with Gasteiger partial charge >= 0.3 is 0 Å². The number of hydrogen-bond acceptors (Lipinski definition) is 3. The molecule has 0 bridgehead atoms. The summed E-state index contributed by atoms with van der Waals surface area (Å²) >= 11 is 0. The molecule has 30 heavy (non-hydrogen) atoms. The van der Waals surface area contributed by atoms with Crippen molar-refractivity contribution in [1.82, 2.24) is 4.31 Å². The summed E-state index contributed by atoms with van der Waals surface area (Å²) in [7, 11) is -4.18. The van der Waals surface area contributed by atoms with Crippen molar-refractivity contribution in [3.05, 3.63) is 90.0 Å². The van der Waals surface area contributed by atoms with Gasteiger partial charge in [-0.1, -0.05) is 72.3 Å². The van der Waals surface area contributed by atoms with Crippen molar-refractivity contribution >= 4 is 10.0 Å². The summed E-state index contributed by atoms with van der Waals surface area (Å²) in [5.41, 5.74) is 3.33. The molecule has 0 N–H and O–H groups in total. The molecule has 0 spiro atoms. The Kier molecular flexibility index (Phi) is 5.69. The van der Waals surface area contributed by atoms with E-state index < -0.39 is 28.7 Å². The van der Waals surface area contributed by atoms with Crippen molar-refractivity contribution in [2.75, 3.05) is 6.61 Å². The Morgan fingerprint density at radius 2 is 1.50 bits per heavy atom. The molecule has 0 amide bonds. The van der Waals surface area contributed by atoms with Crippen molar-refractivity contribution in [3.8, 4) is 11.1 Å². The Bertz CT molecular complexity index is 1100. The SMILES string of the molecule is Cc1ccc(S(=O)(=O)N2C(c3ccc(-c4ccccc4)cc3)OCC2C(F)F)cc1. The molecule has 1 heterocycles. The number of hydrogen-bond donors (Lipinski definition) is 0. The summed E-state index contributed by atoms with van der Waals surface area (Å²) < 4.78 is 60.2. The third-order valence-corrected chi connectivity index (χ3v) is 7.06. The van der Waals surface area contributed by atoms with E-state index in [-0.39, 0.29) is 11.5 Å². The zero-order valence-corrected chi connectivity index (χ0v) is 17.1. The van der Waals surface area contributed by atoms with Gasteiger partial charge in [-0.15, -0.1) is 0 Å². The Balaban J connectivity index is 1.70. The van der Waals surface area contributed by atoms with Crippen LogP contribution in [-0.4, -0.2) is 31.8 Å². The molecule has 7 heteroatoms. The predicted octanol–water partition coefficient (Wildman–Crippen LogP) is 5.02. The van der Waals surface area contributed by atoms with Gasteiger partial charge in [0.2, 0.25) is 10.0 Å². The van der Waals surface area contributed by atoms with Crippen LogP contribution in [0.3, 0.4) is 0 Å². The van der Waals surface area contributed by atoms with Gasteiger partial charge in [0.15, 0.2) is 6.23 Å². The third-order valence-electron chi connectivity index (χ3n) is 5.17. The molecule has 2 unspecified atom stereocenters. The number of alkyl halides is 2. The van der Waals surface area contributed by atoms with E-state index in [1.807, 2.05) is 49.4 Å². The van der Waals surface area contributed by atoms with Crippen molar-refractivity contribution in [3.63, 3.8) is 0 Å². The molecule has 1 aliphatic rings. The molecular weight excluding hydrogens is 408 g/mol. The van der Waals surface area contributed by atoms with Gasteiger partial charge in [-0.2, -0.15) is 4.31 Å². The average Bonchev–Trinajstić information content (AvgIpc) is 3.21. The minimum Gasteiger partial charge on any atom is -0.356 e. The molecule has 1 fully saturated rings. The fourth-order valence-electron chi connectivity index (χ4n) is 3.54. The fraction of sp³-hybridized carbons (Fsp3) is 0.217. The smallest absolute Gasteiger partial charge is 0.257 e. The van der Waals surface area contributed by atoms with E-state index in [1.165, 1.54) is 12.1 Å². The zero-order chi connectivity index (χ0) is 21.3. The zero-order valence-electron chi connectivity index (χ0n) is 16.3. The largest absolute Gasteiger partial charge is 0.356 e. The number of aryl methyl sites for hydroxylation is 1. The van der Waals surface area contributed by atoms with Crippen molar-refractivity contribution < 1.29 is 21.9 Å². The maximum Gasteiger partial charge on any atom is 0.257 e. The quantitative estimate of drug-likeness (QED) is 0.572. The molecule has 156 valence electrons. The molecule has 3 aromatic rings. The molecule has 0 aliphatic carbocycles. The minimum absolute atomic E-state index is 0.0323. The highest BCUT2D eigenvalue weighted by Crippen LogP contribution is 2.38. The summed E-state index contributed by atoms with van der Waals surface area (Å²) in [6.45, 7) is 1.46. The second kappa shape index (κ2) is 8.26. The van der Waals surface area contributed by atoms with Crippen molar-refractivity contribution in [1.29, 1.82) is 0 Å². The molecule has 2 atom stereocenters. The van der Waals surface area contributed by atoms with Crippen LogP contribution >= 0.6 is 0 Å². The highest BCUT2D eigenvalue weighted by Gasteiger charge is 2.48. The van der Waals surface area contributed by atoms with Crippen LogP contribution in [0, 0.1) is 6.92 Å². The van der Waals surface area contributed by atoms with Gasteiger partial charge in [-0.05, 0) is 35.7 Å². The number of rotatable bonds is 5. The van der Waals surface area contributed by atoms with Crippen LogP contribution in [-0.2, 0) is 14.8 Å². The van der Waals surface area contributed by atoms with Crippen LogP contribution in [0.5, 0.6) is 0 Å². The second-order valence-corrected chi connectivity index (χ2v) is 9.07. The Morgan fingerprint density at radius 1 is 0.900 bits per heavy atom. The number of sulfonamides is 1. The number of benzene rings is 3. The van der Waals surface area contributed by atoms with Gasteiger partial charge in [0, 0.05) is 0 Å². The molecule has 4 rings (SSSR count). The summed E-state index contributed by atoms with van der Waals surface area (Å²) in [5, 5.41) is 0. The first kappa shape index (κ1) is 20.7. The molecule has 0 aromatic heterocycles. The summed E-state index contributed by atoms with van der Waals surface area (Å²) in [5.74, 6) is 0. The van der Waals surface area contributed by atoms with E-state index in [0.29, 0.717) is 5.56 Å². The lowest BCUT2D eigenvalue weighted by Gasteiger charge is -2.27. The lowest BCUT2D eigenvalue weighted by Crippen LogP contribution is -2.42. The Labute approximate surface area is 174 Å². The van der Waals surface area contributed by atoms with Gasteiger partial charge < -0.3 is 4.74 Å². The molecule has 1 aliphatic heterocycles. The van der Waals surface area contributed by atoms with E-state index in [1.54, 1.807) is 24.3 Å². The van der Waals surface area contributed by atoms with E-state index >= 15 is 0 Å². The number of halogens is 2. The number of nitrogens with zero attached hydrogens (tertiary/aromatic N) is 1. The highest BCUT2D eigenvalue weighted by atomic mass is 32.2. The van der Waals surface area contributed by atoms with Gasteiger partial charge in [0.25, 0.3) is 6.43 Å². The Morgan fingerprint density at radius 3 is 2.10 bits per heavy atom. The van der Waals surface area contributed by atoms with Crippen LogP contribution in [0.4, 0.5) is 8.78 Å². The fourth-order valence-corrected chi connectivity index (χ4v) is 5.21. The van der Waals surface area contributed by atoms with E-state index in [4.69, 9.17) is 4.74 Å². The molecule has 1 saturated heterocycles. The monoisotopic (exact) mass is 429 g/mol. The second-order valence-electron chi connectivity index (χ2n) is 7.22. The van der Waals surface area contributed by atoms with E-state index in [9.17, 15) is 17.2 Å². The summed E-state index contributed by atoms with van der Waals surface area (Å²) in [6.07, 6.45) is -3.97. The van der Waals surface area contributed by atoms with Crippen LogP contribution in [0.25, 0.3) is 11.1 Å². The summed E-state index contributed by atoms with van der Waals surface area (Å²) in [4.78, 5) is -0.0323. The maximum absolute atomic E-state index is 13.7. The third kappa shape index (κ3) is 3.88. The van der Waals surface area contributed by atoms with E-state index in [2.05, 4.69) is 0 Å². The van der Waals surface area contributed by atoms with Gasteiger partial charge in [-0.25, -0.2) is 17.2 Å². The maximum atomic E-state index is 13.7. The van der Waals surface area contributed by atoms with Crippen LogP contribution in [0.15, 0.2) is 83.8 Å². The molecular formula is C23H21F2NO3S. The van der Waals surface area contributed by atoms with Gasteiger partial charge in [0.05, 0.1) is 11.5 Å².